The van der Waals surface area contributed by atoms with E-state index in [2.05, 4.69) is 15.0 Å². The molecule has 4 N–H and O–H groups in total. The molecule has 0 saturated carbocycles. The highest BCUT2D eigenvalue weighted by atomic mass is 32.2. The van der Waals surface area contributed by atoms with Crippen LogP contribution in [-0.2, 0) is 0 Å². The van der Waals surface area contributed by atoms with Crippen molar-refractivity contribution in [1.29, 1.82) is 5.26 Å². The van der Waals surface area contributed by atoms with Crippen LogP contribution in [0.1, 0.15) is 0 Å². The highest BCUT2D eigenvalue weighted by molar-refractivity contribution is 7.99. The molecule has 0 spiro atoms. The molecular weight excluding hydrogens is 176 g/mol. The van der Waals surface area contributed by atoms with E-state index in [0.29, 0.717) is 5.16 Å². The summed E-state index contributed by atoms with van der Waals surface area (Å²) in [6.07, 6.45) is 0. The summed E-state index contributed by atoms with van der Waals surface area (Å²) in [6.45, 7) is 0. The number of aromatic nitrogens is 3. The van der Waals surface area contributed by atoms with E-state index in [1.165, 1.54) is 11.8 Å². The first-order valence-electron chi connectivity index (χ1n) is 2.99. The molecule has 62 valence electrons. The van der Waals surface area contributed by atoms with E-state index in [4.69, 9.17) is 16.7 Å². The minimum Gasteiger partial charge on any atom is -0.368 e. The zero-order valence-electron chi connectivity index (χ0n) is 6.06. The number of hydrogen-bond donors (Lipinski definition) is 2. The van der Waals surface area contributed by atoms with E-state index in [1.54, 1.807) is 0 Å². The van der Waals surface area contributed by atoms with Crippen molar-refractivity contribution in [2.45, 2.75) is 5.16 Å². The minimum absolute atomic E-state index is 0.0722. The standard InChI is InChI=1S/C5H6N6S/c6-1-2-12-5-10-3(7)9-4(8)11-5/h2H2,(H4,7,8,9,10,11). The Morgan fingerprint density at radius 3 is 2.33 bits per heavy atom. The molecule has 0 aliphatic carbocycles. The number of nitrogens with two attached hydrogens (primary N) is 2. The maximum atomic E-state index is 8.26. The third-order valence-corrected chi connectivity index (χ3v) is 1.63. The van der Waals surface area contributed by atoms with Crippen molar-refractivity contribution in [2.75, 3.05) is 17.2 Å². The van der Waals surface area contributed by atoms with Gasteiger partial charge in [-0.05, 0) is 0 Å². The zero-order valence-corrected chi connectivity index (χ0v) is 6.88. The maximum absolute atomic E-state index is 8.26. The highest BCUT2D eigenvalue weighted by Crippen LogP contribution is 2.12. The molecule has 0 amide bonds. The molecule has 0 radical (unpaired) electrons. The molecule has 7 heteroatoms. The fourth-order valence-corrected chi connectivity index (χ4v) is 1.06. The first kappa shape index (κ1) is 8.55. The van der Waals surface area contributed by atoms with Crippen molar-refractivity contribution in [2.24, 2.45) is 0 Å². The summed E-state index contributed by atoms with van der Waals surface area (Å²) >= 11 is 1.17. The normalized spacial score (nSPS) is 9.25. The summed E-state index contributed by atoms with van der Waals surface area (Å²) in [6, 6.07) is 1.94. The largest absolute Gasteiger partial charge is 0.368 e. The maximum Gasteiger partial charge on any atom is 0.225 e. The zero-order chi connectivity index (χ0) is 8.97. The molecule has 0 saturated heterocycles. The van der Waals surface area contributed by atoms with Gasteiger partial charge in [-0.2, -0.15) is 20.2 Å². The Morgan fingerprint density at radius 2 is 1.83 bits per heavy atom. The fourth-order valence-electron chi connectivity index (χ4n) is 0.550. The number of rotatable bonds is 2. The van der Waals surface area contributed by atoms with Crippen molar-refractivity contribution >= 4 is 23.7 Å². The van der Waals surface area contributed by atoms with Crippen LogP contribution >= 0.6 is 11.8 Å². The Balaban J connectivity index is 2.80. The molecule has 0 fully saturated rings. The molecule has 0 aliphatic heterocycles. The van der Waals surface area contributed by atoms with E-state index in [-0.39, 0.29) is 17.6 Å². The van der Waals surface area contributed by atoms with Gasteiger partial charge in [0.25, 0.3) is 0 Å². The van der Waals surface area contributed by atoms with Crippen LogP contribution in [0.5, 0.6) is 0 Å². The number of nitrogen functional groups attached to an aromatic ring is 2. The molecule has 0 bridgehead atoms. The van der Waals surface area contributed by atoms with Gasteiger partial charge in [0.1, 0.15) is 0 Å². The van der Waals surface area contributed by atoms with Crippen LogP contribution in [0, 0.1) is 11.3 Å². The number of nitrogens with zero attached hydrogens (tertiary/aromatic N) is 4. The van der Waals surface area contributed by atoms with Crippen LogP contribution in [0.4, 0.5) is 11.9 Å². The average molecular weight is 182 g/mol. The number of hydrogen-bond acceptors (Lipinski definition) is 7. The van der Waals surface area contributed by atoms with Crippen LogP contribution in [0.2, 0.25) is 0 Å². The van der Waals surface area contributed by atoms with E-state index in [9.17, 15) is 0 Å². The molecule has 6 nitrogen and oxygen atoms in total. The van der Waals surface area contributed by atoms with Crippen molar-refractivity contribution in [3.05, 3.63) is 0 Å². The van der Waals surface area contributed by atoms with Gasteiger partial charge in [-0.1, -0.05) is 11.8 Å². The van der Waals surface area contributed by atoms with E-state index in [0.717, 1.165) is 0 Å². The first-order valence-corrected chi connectivity index (χ1v) is 3.97. The summed E-state index contributed by atoms with van der Waals surface area (Å²) in [4.78, 5) is 11.1. The van der Waals surface area contributed by atoms with Crippen LogP contribution in [0.25, 0.3) is 0 Å². The monoisotopic (exact) mass is 182 g/mol. The molecule has 0 unspecified atom stereocenters. The Morgan fingerprint density at radius 1 is 1.25 bits per heavy atom. The highest BCUT2D eigenvalue weighted by Gasteiger charge is 2.00. The lowest BCUT2D eigenvalue weighted by Crippen LogP contribution is -2.03. The Hall–Kier alpha value is -1.55. The summed E-state index contributed by atoms with van der Waals surface area (Å²) in [5.41, 5.74) is 10.6. The van der Waals surface area contributed by atoms with Crippen LogP contribution in [0.15, 0.2) is 5.16 Å². The topological polar surface area (TPSA) is 114 Å². The van der Waals surface area contributed by atoms with E-state index >= 15 is 0 Å². The Bertz CT molecular complexity index is 298. The molecule has 1 heterocycles. The van der Waals surface area contributed by atoms with Gasteiger partial charge >= 0.3 is 0 Å². The summed E-state index contributed by atoms with van der Waals surface area (Å²) in [5.74, 6) is 0.411. The van der Waals surface area contributed by atoms with Gasteiger partial charge in [0.2, 0.25) is 11.9 Å². The molecule has 0 atom stereocenters. The van der Waals surface area contributed by atoms with Gasteiger partial charge in [-0.25, -0.2) is 0 Å². The SMILES string of the molecule is N#CCSc1nc(N)nc(N)n1. The second-order valence-corrected chi connectivity index (χ2v) is 2.72. The summed E-state index contributed by atoms with van der Waals surface area (Å²) in [7, 11) is 0. The van der Waals surface area contributed by atoms with Crippen molar-refractivity contribution in [3.63, 3.8) is 0 Å². The van der Waals surface area contributed by atoms with Crippen LogP contribution in [-0.4, -0.2) is 20.7 Å². The Kier molecular flexibility index (Phi) is 2.66. The van der Waals surface area contributed by atoms with Crippen molar-refractivity contribution in [3.8, 4) is 6.07 Å². The van der Waals surface area contributed by atoms with Gasteiger partial charge in [0.15, 0.2) is 5.16 Å². The van der Waals surface area contributed by atoms with Gasteiger partial charge in [0, 0.05) is 0 Å². The lowest BCUT2D eigenvalue weighted by Gasteiger charge is -1.97. The summed E-state index contributed by atoms with van der Waals surface area (Å²) in [5, 5.41) is 8.64. The third kappa shape index (κ3) is 2.25. The number of nitriles is 1. The molecular formula is C5H6N6S. The molecule has 0 aromatic carbocycles. The fraction of sp³-hybridized carbons (Fsp3) is 0.200. The molecule has 1 aromatic rings. The van der Waals surface area contributed by atoms with Gasteiger partial charge in [-0.15, -0.1) is 0 Å². The second-order valence-electron chi connectivity index (χ2n) is 1.78. The molecule has 12 heavy (non-hydrogen) atoms. The molecule has 1 aromatic heterocycles. The van der Waals surface area contributed by atoms with Crippen molar-refractivity contribution in [1.82, 2.24) is 15.0 Å². The lowest BCUT2D eigenvalue weighted by molar-refractivity contribution is 0.931. The predicted octanol–water partition coefficient (Wildman–Crippen LogP) is -0.348. The van der Waals surface area contributed by atoms with E-state index in [1.807, 2.05) is 6.07 Å². The van der Waals surface area contributed by atoms with Gasteiger partial charge in [0.05, 0.1) is 11.8 Å². The number of thioether (sulfide) groups is 1. The summed E-state index contributed by atoms with van der Waals surface area (Å²) < 4.78 is 0. The van der Waals surface area contributed by atoms with Gasteiger partial charge in [-0.3, -0.25) is 0 Å². The van der Waals surface area contributed by atoms with Crippen LogP contribution < -0.4 is 11.5 Å². The number of anilines is 2. The lowest BCUT2D eigenvalue weighted by atomic mass is 10.9. The van der Waals surface area contributed by atoms with Gasteiger partial charge < -0.3 is 11.5 Å². The second kappa shape index (κ2) is 3.73. The molecule has 0 aliphatic rings. The minimum atomic E-state index is 0.0722. The molecule has 1 rings (SSSR count). The van der Waals surface area contributed by atoms with E-state index < -0.39 is 0 Å². The van der Waals surface area contributed by atoms with Crippen molar-refractivity contribution < 1.29 is 0 Å². The quantitative estimate of drug-likeness (QED) is 0.600. The third-order valence-electron chi connectivity index (χ3n) is 0.915. The average Bonchev–Trinajstić information content (AvgIpc) is 1.99. The Labute approximate surface area is 73.0 Å². The van der Waals surface area contributed by atoms with Crippen LogP contribution in [0.3, 0.4) is 0 Å². The first-order chi connectivity index (χ1) is 5.72. The predicted molar refractivity (Wildman–Crippen MR) is 45.0 cm³/mol. The smallest absolute Gasteiger partial charge is 0.225 e.